The van der Waals surface area contributed by atoms with Crippen molar-refractivity contribution in [1.82, 2.24) is 0 Å². The van der Waals surface area contributed by atoms with Gasteiger partial charge in [0.15, 0.2) is 0 Å². The zero-order valence-electron chi connectivity index (χ0n) is 14.3. The Labute approximate surface area is 138 Å². The summed E-state index contributed by atoms with van der Waals surface area (Å²) in [7, 11) is 0. The van der Waals surface area contributed by atoms with Gasteiger partial charge >= 0.3 is 0 Å². The molecule has 0 radical (unpaired) electrons. The molecule has 23 heavy (non-hydrogen) atoms. The van der Waals surface area contributed by atoms with E-state index in [0.717, 1.165) is 0 Å². The van der Waals surface area contributed by atoms with Crippen LogP contribution in [0.2, 0.25) is 0 Å². The van der Waals surface area contributed by atoms with E-state index >= 15 is 0 Å². The third-order valence-electron chi connectivity index (χ3n) is 5.11. The monoisotopic (exact) mass is 298 g/mol. The minimum Gasteiger partial charge on any atom is -0.0619 e. The molecule has 3 aromatic carbocycles. The van der Waals surface area contributed by atoms with Crippen LogP contribution in [0.1, 0.15) is 44.9 Å². The molecule has 0 amide bonds. The molecule has 0 heterocycles. The van der Waals surface area contributed by atoms with Crippen molar-refractivity contribution < 1.29 is 0 Å². The number of fused-ring (bicyclic) bond motifs is 3. The van der Waals surface area contributed by atoms with Crippen molar-refractivity contribution in [3.05, 3.63) is 93.5 Å². The van der Waals surface area contributed by atoms with E-state index in [0.29, 0.717) is 5.92 Å². The lowest BCUT2D eigenvalue weighted by atomic mass is 9.83. The van der Waals surface area contributed by atoms with Crippen LogP contribution in [0.5, 0.6) is 0 Å². The predicted molar refractivity (Wildman–Crippen MR) is 98.2 cm³/mol. The van der Waals surface area contributed by atoms with Gasteiger partial charge in [-0.1, -0.05) is 65.7 Å². The molecule has 4 rings (SSSR count). The van der Waals surface area contributed by atoms with Gasteiger partial charge in [0.2, 0.25) is 0 Å². The Morgan fingerprint density at radius 1 is 0.609 bits per heavy atom. The van der Waals surface area contributed by atoms with Gasteiger partial charge in [-0.05, 0) is 66.6 Å². The first-order chi connectivity index (χ1) is 11.1. The third kappa shape index (κ3) is 2.13. The Hall–Kier alpha value is -2.34. The van der Waals surface area contributed by atoms with Crippen molar-refractivity contribution in [3.63, 3.8) is 0 Å². The Balaban J connectivity index is 2.05. The molecule has 0 aliphatic heterocycles. The second-order valence-electron chi connectivity index (χ2n) is 6.92. The van der Waals surface area contributed by atoms with E-state index in [1.165, 1.54) is 50.1 Å². The van der Waals surface area contributed by atoms with Gasteiger partial charge in [-0.25, -0.2) is 0 Å². The Bertz CT molecular complexity index is 892. The van der Waals surface area contributed by atoms with Crippen LogP contribution in [-0.4, -0.2) is 0 Å². The first-order valence-corrected chi connectivity index (χ1v) is 8.34. The number of hydrogen-bond donors (Lipinski definition) is 0. The minimum atomic E-state index is 0.363. The summed E-state index contributed by atoms with van der Waals surface area (Å²) in [5.41, 5.74) is 12.7. The average Bonchev–Trinajstić information content (AvgIpc) is 2.81. The summed E-state index contributed by atoms with van der Waals surface area (Å²) < 4.78 is 0. The molecular weight excluding hydrogens is 276 g/mol. The van der Waals surface area contributed by atoms with Crippen molar-refractivity contribution in [2.24, 2.45) is 0 Å². The molecule has 0 nitrogen and oxygen atoms in total. The second-order valence-corrected chi connectivity index (χ2v) is 6.92. The molecule has 0 bridgehead atoms. The van der Waals surface area contributed by atoms with Gasteiger partial charge in [-0.15, -0.1) is 0 Å². The lowest BCUT2D eigenvalue weighted by molar-refractivity contribution is 0.973. The van der Waals surface area contributed by atoms with Gasteiger partial charge in [0, 0.05) is 5.92 Å². The summed E-state index contributed by atoms with van der Waals surface area (Å²) in [6.45, 7) is 8.89. The van der Waals surface area contributed by atoms with Crippen LogP contribution in [0.4, 0.5) is 0 Å². The molecule has 1 unspecified atom stereocenters. The minimum absolute atomic E-state index is 0.363. The molecule has 3 aromatic rings. The Morgan fingerprint density at radius 2 is 1.26 bits per heavy atom. The van der Waals surface area contributed by atoms with Crippen molar-refractivity contribution in [3.8, 4) is 11.1 Å². The van der Waals surface area contributed by atoms with Crippen LogP contribution in [0.25, 0.3) is 11.1 Å². The number of hydrogen-bond acceptors (Lipinski definition) is 0. The maximum Gasteiger partial charge on any atom is 0.0357 e. The van der Waals surface area contributed by atoms with Crippen molar-refractivity contribution in [1.29, 1.82) is 0 Å². The topological polar surface area (TPSA) is 0 Å². The fraction of sp³-hybridized carbons (Fsp3) is 0.217. The molecule has 0 fully saturated rings. The summed E-state index contributed by atoms with van der Waals surface area (Å²) in [5, 5.41) is 0. The fourth-order valence-electron chi connectivity index (χ4n) is 4.29. The van der Waals surface area contributed by atoms with Gasteiger partial charge < -0.3 is 0 Å². The van der Waals surface area contributed by atoms with E-state index in [1.54, 1.807) is 0 Å². The smallest absolute Gasteiger partial charge is 0.0357 e. The summed E-state index contributed by atoms with van der Waals surface area (Å²) in [6.07, 6.45) is 0. The normalized spacial score (nSPS) is 15.4. The number of aryl methyl sites for hydroxylation is 4. The Kier molecular flexibility index (Phi) is 3.16. The SMILES string of the molecule is Cc1cc(C)c(C2c3ccccc3-c3ccc(C)cc32)c(C)c1. The first-order valence-electron chi connectivity index (χ1n) is 8.34. The fourth-order valence-corrected chi connectivity index (χ4v) is 4.29. The predicted octanol–water partition coefficient (Wildman–Crippen LogP) is 6.08. The molecule has 0 spiro atoms. The number of rotatable bonds is 1. The highest BCUT2D eigenvalue weighted by Crippen LogP contribution is 2.49. The molecule has 1 aliphatic carbocycles. The van der Waals surface area contributed by atoms with E-state index in [2.05, 4.69) is 82.3 Å². The number of benzene rings is 3. The van der Waals surface area contributed by atoms with E-state index in [9.17, 15) is 0 Å². The molecule has 0 aromatic heterocycles. The molecule has 1 aliphatic rings. The molecular formula is C23H22. The van der Waals surface area contributed by atoms with Gasteiger partial charge in [0.05, 0.1) is 0 Å². The Morgan fingerprint density at radius 3 is 2.00 bits per heavy atom. The zero-order chi connectivity index (χ0) is 16.1. The van der Waals surface area contributed by atoms with Gasteiger partial charge in [0.1, 0.15) is 0 Å². The van der Waals surface area contributed by atoms with Gasteiger partial charge in [-0.2, -0.15) is 0 Å². The first kappa shape index (κ1) is 14.3. The maximum absolute atomic E-state index is 2.37. The highest BCUT2D eigenvalue weighted by Gasteiger charge is 2.31. The van der Waals surface area contributed by atoms with Gasteiger partial charge in [-0.3, -0.25) is 0 Å². The molecule has 1 atom stereocenters. The lowest BCUT2D eigenvalue weighted by Crippen LogP contribution is -2.05. The quantitative estimate of drug-likeness (QED) is 0.399. The van der Waals surface area contributed by atoms with Crippen LogP contribution in [-0.2, 0) is 0 Å². The lowest BCUT2D eigenvalue weighted by Gasteiger charge is -2.20. The largest absolute Gasteiger partial charge is 0.0619 e. The standard InChI is InChI=1S/C23H22/c1-14-9-10-19-18-7-5-6-8-20(18)23(21(19)13-14)22-16(3)11-15(2)12-17(22)4/h5-13,23H,1-4H3. The van der Waals surface area contributed by atoms with Crippen LogP contribution >= 0.6 is 0 Å². The van der Waals surface area contributed by atoms with E-state index < -0.39 is 0 Å². The maximum atomic E-state index is 2.37. The van der Waals surface area contributed by atoms with Crippen LogP contribution in [0.3, 0.4) is 0 Å². The third-order valence-corrected chi connectivity index (χ3v) is 5.11. The van der Waals surface area contributed by atoms with Crippen LogP contribution in [0, 0.1) is 27.7 Å². The molecule has 0 saturated carbocycles. The van der Waals surface area contributed by atoms with E-state index in [-0.39, 0.29) is 0 Å². The van der Waals surface area contributed by atoms with Crippen LogP contribution in [0.15, 0.2) is 54.6 Å². The summed E-state index contributed by atoms with van der Waals surface area (Å²) in [5.74, 6) is 0.363. The van der Waals surface area contributed by atoms with Crippen molar-refractivity contribution >= 4 is 0 Å². The van der Waals surface area contributed by atoms with Gasteiger partial charge in [0.25, 0.3) is 0 Å². The molecule has 0 saturated heterocycles. The highest BCUT2D eigenvalue weighted by atomic mass is 14.3. The molecule has 0 N–H and O–H groups in total. The summed E-state index contributed by atoms with van der Waals surface area (Å²) in [6, 6.07) is 20.4. The molecule has 114 valence electrons. The van der Waals surface area contributed by atoms with Crippen molar-refractivity contribution in [2.45, 2.75) is 33.6 Å². The zero-order valence-corrected chi connectivity index (χ0v) is 14.3. The summed E-state index contributed by atoms with van der Waals surface area (Å²) >= 11 is 0. The van der Waals surface area contributed by atoms with Crippen LogP contribution < -0.4 is 0 Å². The van der Waals surface area contributed by atoms with E-state index in [1.807, 2.05) is 0 Å². The van der Waals surface area contributed by atoms with E-state index in [4.69, 9.17) is 0 Å². The second kappa shape index (κ2) is 5.09. The summed E-state index contributed by atoms with van der Waals surface area (Å²) in [4.78, 5) is 0. The highest BCUT2D eigenvalue weighted by molar-refractivity contribution is 5.81. The average molecular weight is 298 g/mol. The van der Waals surface area contributed by atoms with Crippen molar-refractivity contribution in [2.75, 3.05) is 0 Å². The molecule has 0 heteroatoms.